The number of aryl methyl sites for hydroxylation is 1. The molecule has 22 heavy (non-hydrogen) atoms. The Hall–Kier alpha value is -0.980. The summed E-state index contributed by atoms with van der Waals surface area (Å²) in [5.74, 6) is 0.0905. The second-order valence-corrected chi connectivity index (χ2v) is 7.99. The van der Waals surface area contributed by atoms with Crippen molar-refractivity contribution < 1.29 is 4.79 Å². The fraction of sp³-hybridized carbons (Fsp3) is 0.500. The van der Waals surface area contributed by atoms with Crippen LogP contribution in [-0.4, -0.2) is 23.0 Å². The second-order valence-electron chi connectivity index (χ2n) is 5.96. The number of amides is 1. The molecule has 1 aliphatic rings. The average Bonchev–Trinajstić information content (AvgIpc) is 3.11. The minimum atomic E-state index is -0.157. The molecule has 0 saturated heterocycles. The Morgan fingerprint density at radius 1 is 1.41 bits per heavy atom. The number of aromatic nitrogens is 1. The number of thiazole rings is 1. The van der Waals surface area contributed by atoms with E-state index in [0.29, 0.717) is 19.4 Å². The number of rotatable bonds is 5. The van der Waals surface area contributed by atoms with E-state index in [4.69, 9.17) is 5.73 Å². The van der Waals surface area contributed by atoms with Gasteiger partial charge < -0.3 is 11.1 Å². The van der Waals surface area contributed by atoms with Gasteiger partial charge in [-0.25, -0.2) is 4.98 Å². The normalized spacial score (nSPS) is 17.0. The largest absolute Gasteiger partial charge is 0.349 e. The summed E-state index contributed by atoms with van der Waals surface area (Å²) < 4.78 is 2.19. The van der Waals surface area contributed by atoms with Gasteiger partial charge in [-0.2, -0.15) is 0 Å². The van der Waals surface area contributed by atoms with Crippen LogP contribution in [0.3, 0.4) is 0 Å². The summed E-state index contributed by atoms with van der Waals surface area (Å²) >= 11 is 5.11. The van der Waals surface area contributed by atoms with Crippen LogP contribution in [0.4, 0.5) is 0 Å². The monoisotopic (exact) mass is 381 g/mol. The van der Waals surface area contributed by atoms with E-state index in [1.54, 1.807) is 11.3 Å². The van der Waals surface area contributed by atoms with Gasteiger partial charge in [-0.05, 0) is 31.0 Å². The lowest BCUT2D eigenvalue weighted by molar-refractivity contribution is -0.122. The van der Waals surface area contributed by atoms with E-state index in [-0.39, 0.29) is 11.4 Å². The van der Waals surface area contributed by atoms with Gasteiger partial charge in [-0.1, -0.05) is 28.8 Å². The van der Waals surface area contributed by atoms with Crippen LogP contribution in [0.5, 0.6) is 0 Å². The SMILES string of the molecule is NCC1(NC(=O)CCc2nc3cc(Br)ccc3s2)CCCC1. The van der Waals surface area contributed by atoms with Crippen molar-refractivity contribution in [3.63, 3.8) is 0 Å². The predicted molar refractivity (Wildman–Crippen MR) is 94.0 cm³/mol. The number of carbonyl (C=O) groups excluding carboxylic acids is 1. The van der Waals surface area contributed by atoms with Crippen molar-refractivity contribution in [2.75, 3.05) is 6.54 Å². The Kier molecular flexibility index (Phi) is 4.80. The third-order valence-electron chi connectivity index (χ3n) is 4.32. The molecule has 4 nitrogen and oxygen atoms in total. The van der Waals surface area contributed by atoms with Gasteiger partial charge in [0, 0.05) is 23.9 Å². The van der Waals surface area contributed by atoms with Crippen molar-refractivity contribution in [2.45, 2.75) is 44.1 Å². The first kappa shape index (κ1) is 15.9. The summed E-state index contributed by atoms with van der Waals surface area (Å²) in [7, 11) is 0. The molecule has 3 N–H and O–H groups in total. The van der Waals surface area contributed by atoms with Gasteiger partial charge in [-0.15, -0.1) is 11.3 Å². The third-order valence-corrected chi connectivity index (χ3v) is 5.91. The van der Waals surface area contributed by atoms with E-state index < -0.39 is 0 Å². The highest BCUT2D eigenvalue weighted by molar-refractivity contribution is 9.10. The lowest BCUT2D eigenvalue weighted by atomic mass is 9.97. The van der Waals surface area contributed by atoms with Crippen LogP contribution < -0.4 is 11.1 Å². The van der Waals surface area contributed by atoms with Crippen molar-refractivity contribution >= 4 is 43.4 Å². The molecule has 1 aliphatic carbocycles. The smallest absolute Gasteiger partial charge is 0.220 e. The van der Waals surface area contributed by atoms with Crippen LogP contribution in [0, 0.1) is 0 Å². The van der Waals surface area contributed by atoms with E-state index in [2.05, 4.69) is 32.3 Å². The van der Waals surface area contributed by atoms with Crippen LogP contribution in [0.1, 0.15) is 37.1 Å². The highest BCUT2D eigenvalue weighted by Crippen LogP contribution is 2.29. The molecule has 0 atom stereocenters. The number of hydrogen-bond acceptors (Lipinski definition) is 4. The average molecular weight is 382 g/mol. The van der Waals surface area contributed by atoms with Crippen molar-refractivity contribution in [3.05, 3.63) is 27.7 Å². The molecule has 1 aromatic heterocycles. The molecule has 1 saturated carbocycles. The van der Waals surface area contributed by atoms with Gasteiger partial charge in [-0.3, -0.25) is 4.79 Å². The number of nitrogens with two attached hydrogens (primary N) is 1. The zero-order chi connectivity index (χ0) is 15.6. The third kappa shape index (κ3) is 3.50. The molecule has 0 aliphatic heterocycles. The molecule has 2 aromatic rings. The van der Waals surface area contributed by atoms with Crippen molar-refractivity contribution in [1.82, 2.24) is 10.3 Å². The topological polar surface area (TPSA) is 68.0 Å². The molecule has 1 amide bonds. The molecule has 118 valence electrons. The highest BCUT2D eigenvalue weighted by Gasteiger charge is 2.33. The summed E-state index contributed by atoms with van der Waals surface area (Å²) in [4.78, 5) is 16.8. The van der Waals surface area contributed by atoms with Crippen LogP contribution in [0.25, 0.3) is 10.2 Å². The van der Waals surface area contributed by atoms with Gasteiger partial charge >= 0.3 is 0 Å². The maximum atomic E-state index is 12.2. The molecule has 1 fully saturated rings. The van der Waals surface area contributed by atoms with E-state index in [1.807, 2.05) is 12.1 Å². The summed E-state index contributed by atoms with van der Waals surface area (Å²) in [6.45, 7) is 0.536. The Morgan fingerprint density at radius 3 is 2.91 bits per heavy atom. The lowest BCUT2D eigenvalue weighted by Crippen LogP contribution is -2.51. The zero-order valence-corrected chi connectivity index (χ0v) is 14.8. The summed E-state index contributed by atoms with van der Waals surface area (Å²) in [6, 6.07) is 6.09. The quantitative estimate of drug-likeness (QED) is 0.833. The van der Waals surface area contributed by atoms with Gasteiger partial charge in [0.25, 0.3) is 0 Å². The Morgan fingerprint density at radius 2 is 2.18 bits per heavy atom. The highest BCUT2D eigenvalue weighted by atomic mass is 79.9. The minimum Gasteiger partial charge on any atom is -0.349 e. The number of carbonyl (C=O) groups is 1. The molecular weight excluding hydrogens is 362 g/mol. The molecule has 3 rings (SSSR count). The van der Waals surface area contributed by atoms with E-state index in [1.165, 1.54) is 0 Å². The maximum absolute atomic E-state index is 12.2. The van der Waals surface area contributed by atoms with Crippen molar-refractivity contribution in [2.24, 2.45) is 5.73 Å². The molecule has 6 heteroatoms. The number of halogens is 1. The fourth-order valence-electron chi connectivity index (χ4n) is 3.07. The maximum Gasteiger partial charge on any atom is 0.220 e. The number of benzene rings is 1. The number of fused-ring (bicyclic) bond motifs is 1. The van der Waals surface area contributed by atoms with Crippen LogP contribution in [0.2, 0.25) is 0 Å². The van der Waals surface area contributed by atoms with Crippen molar-refractivity contribution in [3.8, 4) is 0 Å². The predicted octanol–water partition coefficient (Wildman–Crippen LogP) is 3.38. The number of hydrogen-bond donors (Lipinski definition) is 2. The number of nitrogens with zero attached hydrogens (tertiary/aromatic N) is 1. The van der Waals surface area contributed by atoms with Gasteiger partial charge in [0.1, 0.15) is 0 Å². The molecular formula is C16H20BrN3OS. The van der Waals surface area contributed by atoms with Crippen LogP contribution >= 0.6 is 27.3 Å². The van der Waals surface area contributed by atoms with E-state index >= 15 is 0 Å². The van der Waals surface area contributed by atoms with Crippen molar-refractivity contribution in [1.29, 1.82) is 0 Å². The first-order chi connectivity index (χ1) is 10.6. The van der Waals surface area contributed by atoms with Crippen LogP contribution in [-0.2, 0) is 11.2 Å². The fourth-order valence-corrected chi connectivity index (χ4v) is 4.36. The van der Waals surface area contributed by atoms with Gasteiger partial charge in [0.2, 0.25) is 5.91 Å². The molecule has 0 unspecified atom stereocenters. The Balaban J connectivity index is 1.60. The standard InChI is InChI=1S/C16H20BrN3OS/c17-11-3-4-13-12(9-11)19-15(22-13)6-5-14(21)20-16(10-18)7-1-2-8-16/h3-4,9H,1-2,5-8,10,18H2,(H,20,21). The lowest BCUT2D eigenvalue weighted by Gasteiger charge is -2.28. The Labute approximate surface area is 142 Å². The minimum absolute atomic E-state index is 0.0905. The summed E-state index contributed by atoms with van der Waals surface area (Å²) in [5.41, 5.74) is 6.69. The summed E-state index contributed by atoms with van der Waals surface area (Å²) in [5, 5.41) is 4.17. The Bertz CT molecular complexity index is 679. The molecule has 0 spiro atoms. The molecule has 0 bridgehead atoms. The molecule has 1 aromatic carbocycles. The van der Waals surface area contributed by atoms with Gasteiger partial charge in [0.05, 0.1) is 20.8 Å². The molecule has 0 radical (unpaired) electrons. The van der Waals surface area contributed by atoms with E-state index in [0.717, 1.165) is 45.4 Å². The van der Waals surface area contributed by atoms with Gasteiger partial charge in [0.15, 0.2) is 0 Å². The first-order valence-electron chi connectivity index (χ1n) is 7.66. The first-order valence-corrected chi connectivity index (χ1v) is 9.27. The molecule has 1 heterocycles. The van der Waals surface area contributed by atoms with E-state index in [9.17, 15) is 4.79 Å². The number of nitrogens with one attached hydrogen (secondary N) is 1. The second kappa shape index (κ2) is 6.64. The van der Waals surface area contributed by atoms with Crippen LogP contribution in [0.15, 0.2) is 22.7 Å². The summed E-state index contributed by atoms with van der Waals surface area (Å²) in [6.07, 6.45) is 5.48. The zero-order valence-electron chi connectivity index (χ0n) is 12.4.